The maximum Gasteiger partial charge on any atom is 0.469 e. The highest BCUT2D eigenvalue weighted by Crippen LogP contribution is 2.41. The predicted octanol–water partition coefficient (Wildman–Crippen LogP) is 0.288. The molecule has 4 atom stereocenters. The molecule has 160 valence electrons. The number of aromatic nitrogens is 4. The van der Waals surface area contributed by atoms with Gasteiger partial charge in [-0.2, -0.15) is 0 Å². The first-order valence-electron chi connectivity index (χ1n) is 8.67. The summed E-state index contributed by atoms with van der Waals surface area (Å²) in [6.07, 6.45) is -4.02. The monoisotopic (exact) mass is 455 g/mol. The lowest BCUT2D eigenvalue weighted by atomic mass is 10.1. The van der Waals surface area contributed by atoms with Gasteiger partial charge in [-0.25, -0.2) is 19.5 Å². The molecule has 0 saturated carbocycles. The highest BCUT2D eigenvalue weighted by atomic mass is 32.2. The van der Waals surface area contributed by atoms with Crippen LogP contribution in [0.5, 0.6) is 0 Å². The standard InChI is InChI=1S/C16H18N5O7PS/c17-13-10-14(19-7-18-13)21(16(20-10)30-8-4-2-1-3-5-8)15-12(23)11(22)9(28-15)6-27-29(24,25)26/h1-5,7,9,11-12,15,22-23H,6H2,(H2,17,18,19)(H2,24,25,26)/t9-,11-,12-,15?/m1/s1. The Labute approximate surface area is 173 Å². The first-order chi connectivity index (χ1) is 14.2. The molecule has 0 amide bonds. The van der Waals surface area contributed by atoms with Gasteiger partial charge in [0.05, 0.1) is 6.61 Å². The molecule has 0 bridgehead atoms. The average Bonchev–Trinajstić information content (AvgIpc) is 3.19. The minimum Gasteiger partial charge on any atom is -0.387 e. The maximum absolute atomic E-state index is 11.0. The molecule has 30 heavy (non-hydrogen) atoms. The van der Waals surface area contributed by atoms with Crippen LogP contribution in [0, 0.1) is 0 Å². The first-order valence-corrected chi connectivity index (χ1v) is 11.0. The summed E-state index contributed by atoms with van der Waals surface area (Å²) in [5.74, 6) is 0.128. The number of fused-ring (bicyclic) bond motifs is 1. The van der Waals surface area contributed by atoms with Gasteiger partial charge in [-0.15, -0.1) is 0 Å². The number of phosphoric ester groups is 1. The molecule has 1 saturated heterocycles. The summed E-state index contributed by atoms with van der Waals surface area (Å²) in [5, 5.41) is 21.3. The predicted molar refractivity (Wildman–Crippen MR) is 104 cm³/mol. The van der Waals surface area contributed by atoms with Gasteiger partial charge in [0, 0.05) is 4.90 Å². The summed E-state index contributed by atoms with van der Waals surface area (Å²) in [7, 11) is -4.78. The number of benzene rings is 1. The Balaban J connectivity index is 1.72. The molecule has 0 spiro atoms. The Morgan fingerprint density at radius 2 is 1.93 bits per heavy atom. The molecule has 12 nitrogen and oxygen atoms in total. The van der Waals surface area contributed by atoms with Gasteiger partial charge in [0.25, 0.3) is 0 Å². The van der Waals surface area contributed by atoms with Crippen LogP contribution in [0.15, 0.2) is 46.7 Å². The summed E-state index contributed by atoms with van der Waals surface area (Å²) < 4.78 is 22.6. The number of aliphatic hydroxyl groups excluding tert-OH is 2. The molecule has 1 unspecified atom stereocenters. The normalized spacial score (nSPS) is 24.5. The van der Waals surface area contributed by atoms with E-state index in [-0.39, 0.29) is 17.0 Å². The van der Waals surface area contributed by atoms with E-state index in [0.29, 0.717) is 5.16 Å². The van der Waals surface area contributed by atoms with E-state index in [1.165, 1.54) is 22.7 Å². The van der Waals surface area contributed by atoms with Crippen LogP contribution in [0.1, 0.15) is 6.23 Å². The van der Waals surface area contributed by atoms with Crippen LogP contribution in [0.2, 0.25) is 0 Å². The van der Waals surface area contributed by atoms with Crippen molar-refractivity contribution in [3.63, 3.8) is 0 Å². The Bertz CT molecular complexity index is 1090. The fourth-order valence-corrected chi connectivity index (χ4v) is 4.32. The molecule has 0 radical (unpaired) electrons. The lowest BCUT2D eigenvalue weighted by Gasteiger charge is -2.19. The number of phosphoric acid groups is 1. The first kappa shape index (κ1) is 21.2. The minimum atomic E-state index is -4.78. The Kier molecular flexibility index (Phi) is 5.79. The third kappa shape index (κ3) is 4.19. The van der Waals surface area contributed by atoms with Gasteiger partial charge in [-0.1, -0.05) is 30.0 Å². The van der Waals surface area contributed by atoms with Gasteiger partial charge >= 0.3 is 7.82 Å². The number of nitrogen functional groups attached to an aromatic ring is 1. The van der Waals surface area contributed by atoms with E-state index < -0.39 is 39.0 Å². The van der Waals surface area contributed by atoms with E-state index >= 15 is 0 Å². The second-order valence-corrected chi connectivity index (χ2v) is 8.72. The van der Waals surface area contributed by atoms with Crippen LogP contribution >= 0.6 is 19.6 Å². The molecular formula is C16H18N5O7PS. The zero-order valence-corrected chi connectivity index (χ0v) is 16.9. The van der Waals surface area contributed by atoms with E-state index in [4.69, 9.17) is 20.3 Å². The zero-order chi connectivity index (χ0) is 21.5. The van der Waals surface area contributed by atoms with Crippen molar-refractivity contribution in [2.45, 2.75) is 34.6 Å². The largest absolute Gasteiger partial charge is 0.469 e. The van der Waals surface area contributed by atoms with Crippen molar-refractivity contribution >= 4 is 36.6 Å². The molecule has 0 aliphatic carbocycles. The van der Waals surface area contributed by atoms with Crippen LogP contribution in [-0.4, -0.2) is 64.4 Å². The second-order valence-electron chi connectivity index (χ2n) is 6.44. The Morgan fingerprint density at radius 3 is 2.63 bits per heavy atom. The van der Waals surface area contributed by atoms with Crippen molar-refractivity contribution in [3.8, 4) is 0 Å². The fourth-order valence-electron chi connectivity index (χ4n) is 3.05. The second kappa shape index (κ2) is 8.21. The molecule has 4 rings (SSSR count). The number of nitrogens with zero attached hydrogens (tertiary/aromatic N) is 4. The Hall–Kier alpha value is -2.09. The van der Waals surface area contributed by atoms with E-state index in [1.54, 1.807) is 0 Å². The van der Waals surface area contributed by atoms with Gasteiger partial charge < -0.3 is 30.5 Å². The summed E-state index contributed by atoms with van der Waals surface area (Å²) in [4.78, 5) is 31.2. The number of ether oxygens (including phenoxy) is 1. The molecule has 1 fully saturated rings. The van der Waals surface area contributed by atoms with E-state index in [2.05, 4.69) is 19.5 Å². The smallest absolute Gasteiger partial charge is 0.387 e. The summed E-state index contributed by atoms with van der Waals surface area (Å²) in [6, 6.07) is 9.29. The topological polar surface area (TPSA) is 186 Å². The molecule has 14 heteroatoms. The molecule has 6 N–H and O–H groups in total. The average molecular weight is 455 g/mol. The van der Waals surface area contributed by atoms with E-state index in [9.17, 15) is 14.8 Å². The van der Waals surface area contributed by atoms with E-state index in [1.807, 2.05) is 30.3 Å². The van der Waals surface area contributed by atoms with Crippen LogP contribution < -0.4 is 5.73 Å². The number of aliphatic hydroxyl groups is 2. The molecule has 3 aromatic rings. The molecule has 1 aliphatic rings. The number of nitrogens with two attached hydrogens (primary N) is 1. The highest BCUT2D eigenvalue weighted by molar-refractivity contribution is 7.99. The Morgan fingerprint density at radius 1 is 1.20 bits per heavy atom. The van der Waals surface area contributed by atoms with Crippen molar-refractivity contribution in [1.82, 2.24) is 19.5 Å². The number of imidazole rings is 1. The number of hydrogen-bond acceptors (Lipinski definition) is 10. The van der Waals surface area contributed by atoms with Gasteiger partial charge in [0.1, 0.15) is 24.6 Å². The van der Waals surface area contributed by atoms with Crippen LogP contribution in [-0.2, 0) is 13.8 Å². The van der Waals surface area contributed by atoms with Crippen molar-refractivity contribution in [3.05, 3.63) is 36.7 Å². The van der Waals surface area contributed by atoms with Crippen molar-refractivity contribution in [2.75, 3.05) is 12.3 Å². The number of hydrogen-bond donors (Lipinski definition) is 5. The molecule has 1 aromatic carbocycles. The van der Waals surface area contributed by atoms with E-state index in [0.717, 1.165) is 4.90 Å². The van der Waals surface area contributed by atoms with Crippen molar-refractivity contribution in [2.24, 2.45) is 0 Å². The summed E-state index contributed by atoms with van der Waals surface area (Å²) in [5.41, 5.74) is 6.48. The molecule has 1 aliphatic heterocycles. The SMILES string of the molecule is Nc1ncnc2c1nc(Sc1ccccc1)n2C1O[C@H](COP(=O)(O)O)[C@@H](O)[C@H]1O. The lowest BCUT2D eigenvalue weighted by molar-refractivity contribution is -0.0541. The lowest BCUT2D eigenvalue weighted by Crippen LogP contribution is -2.33. The molecule has 2 aromatic heterocycles. The number of rotatable bonds is 6. The highest BCUT2D eigenvalue weighted by Gasteiger charge is 2.46. The third-order valence-corrected chi connectivity index (χ3v) is 5.89. The fraction of sp³-hybridized carbons (Fsp3) is 0.312. The third-order valence-electron chi connectivity index (χ3n) is 4.42. The quantitative estimate of drug-likeness (QED) is 0.320. The van der Waals surface area contributed by atoms with Crippen LogP contribution in [0.25, 0.3) is 11.2 Å². The van der Waals surface area contributed by atoms with Crippen LogP contribution in [0.3, 0.4) is 0 Å². The summed E-state index contributed by atoms with van der Waals surface area (Å²) in [6.45, 7) is -0.621. The van der Waals surface area contributed by atoms with Crippen molar-refractivity contribution < 1.29 is 33.8 Å². The summed E-state index contributed by atoms with van der Waals surface area (Å²) >= 11 is 1.26. The molecular weight excluding hydrogens is 437 g/mol. The van der Waals surface area contributed by atoms with Gasteiger partial charge in [-0.3, -0.25) is 9.09 Å². The molecule has 3 heterocycles. The van der Waals surface area contributed by atoms with Crippen LogP contribution in [0.4, 0.5) is 5.82 Å². The van der Waals surface area contributed by atoms with Gasteiger partial charge in [-0.05, 0) is 12.1 Å². The van der Waals surface area contributed by atoms with Gasteiger partial charge in [0.2, 0.25) is 0 Å². The van der Waals surface area contributed by atoms with Crippen molar-refractivity contribution in [1.29, 1.82) is 0 Å². The zero-order valence-electron chi connectivity index (χ0n) is 15.2. The number of anilines is 1. The maximum atomic E-state index is 11.0. The van der Waals surface area contributed by atoms with Gasteiger partial charge in [0.15, 0.2) is 28.4 Å². The minimum absolute atomic E-state index is 0.128.